The van der Waals surface area contributed by atoms with E-state index < -0.39 is 12.0 Å². The number of rotatable bonds is 5. The zero-order valence-electron chi connectivity index (χ0n) is 9.37. The van der Waals surface area contributed by atoms with Crippen LogP contribution in [-0.2, 0) is 14.3 Å². The van der Waals surface area contributed by atoms with Crippen LogP contribution >= 0.6 is 0 Å². The number of hydrogen-bond donors (Lipinski definition) is 2. The van der Waals surface area contributed by atoms with Gasteiger partial charge in [0.15, 0.2) is 0 Å². The summed E-state index contributed by atoms with van der Waals surface area (Å²) >= 11 is 0. The van der Waals surface area contributed by atoms with Crippen LogP contribution in [0, 0.1) is 5.92 Å². The molecular formula is C10H18N2O3. The molecule has 1 amide bonds. The van der Waals surface area contributed by atoms with Gasteiger partial charge in [0.1, 0.15) is 6.04 Å². The summed E-state index contributed by atoms with van der Waals surface area (Å²) in [5.74, 6) is 0.0303. The minimum Gasteiger partial charge on any atom is -0.467 e. The fourth-order valence-electron chi connectivity index (χ4n) is 1.46. The van der Waals surface area contributed by atoms with E-state index >= 15 is 0 Å². The van der Waals surface area contributed by atoms with Crippen molar-refractivity contribution in [3.05, 3.63) is 0 Å². The molecule has 1 aliphatic carbocycles. The molecule has 0 saturated heterocycles. The van der Waals surface area contributed by atoms with Gasteiger partial charge in [0.05, 0.1) is 7.11 Å². The van der Waals surface area contributed by atoms with E-state index in [1.165, 1.54) is 14.0 Å². The molecule has 1 saturated carbocycles. The average molecular weight is 214 g/mol. The Morgan fingerprint density at radius 2 is 2.13 bits per heavy atom. The second-order valence-corrected chi connectivity index (χ2v) is 4.00. The summed E-state index contributed by atoms with van der Waals surface area (Å²) in [7, 11) is 1.32. The summed E-state index contributed by atoms with van der Waals surface area (Å²) < 4.78 is 4.60. The van der Waals surface area contributed by atoms with E-state index in [9.17, 15) is 9.59 Å². The average Bonchev–Trinajstić information content (AvgIpc) is 2.87. The van der Waals surface area contributed by atoms with Crippen LogP contribution in [0.5, 0.6) is 0 Å². The summed E-state index contributed by atoms with van der Waals surface area (Å²) in [6.07, 6.45) is 1.13. The highest BCUT2D eigenvalue weighted by Crippen LogP contribution is 2.28. The van der Waals surface area contributed by atoms with Crippen LogP contribution in [0.2, 0.25) is 0 Å². The summed E-state index contributed by atoms with van der Waals surface area (Å²) in [5, 5.41) is 5.76. The summed E-state index contributed by atoms with van der Waals surface area (Å²) in [5.41, 5.74) is 0. The smallest absolute Gasteiger partial charge is 0.329 e. The van der Waals surface area contributed by atoms with E-state index in [4.69, 9.17) is 0 Å². The lowest BCUT2D eigenvalue weighted by Gasteiger charge is -2.15. The van der Waals surface area contributed by atoms with E-state index in [0.717, 1.165) is 6.42 Å². The quantitative estimate of drug-likeness (QED) is 0.614. The Balaban J connectivity index is 2.34. The molecule has 3 atom stereocenters. The second-order valence-electron chi connectivity index (χ2n) is 4.00. The maximum absolute atomic E-state index is 11.3. The van der Waals surface area contributed by atoms with Crippen molar-refractivity contribution < 1.29 is 14.3 Å². The minimum absolute atomic E-state index is 0.226. The first-order valence-corrected chi connectivity index (χ1v) is 5.13. The third-order valence-electron chi connectivity index (χ3n) is 2.56. The molecule has 0 radical (unpaired) electrons. The predicted octanol–water partition coefficient (Wildman–Crippen LogP) is -0.338. The number of hydrogen-bond acceptors (Lipinski definition) is 4. The van der Waals surface area contributed by atoms with Crippen LogP contribution in [0.3, 0.4) is 0 Å². The van der Waals surface area contributed by atoms with Crippen LogP contribution in [-0.4, -0.2) is 37.6 Å². The molecule has 1 aliphatic rings. The van der Waals surface area contributed by atoms with Gasteiger partial charge < -0.3 is 15.4 Å². The SMILES string of the molecule is COC(=O)C(CNC1CC1C)NC(C)=O. The molecule has 0 spiro atoms. The molecule has 5 heteroatoms. The molecule has 0 bridgehead atoms. The summed E-state index contributed by atoms with van der Waals surface area (Å²) in [6, 6.07) is -0.105. The molecule has 1 rings (SSSR count). The number of carbonyl (C=O) groups is 2. The van der Waals surface area contributed by atoms with Crippen molar-refractivity contribution in [3.63, 3.8) is 0 Å². The first kappa shape index (κ1) is 12.0. The number of carbonyl (C=O) groups excluding carboxylic acids is 2. The Bertz CT molecular complexity index is 255. The van der Waals surface area contributed by atoms with Gasteiger partial charge in [-0.2, -0.15) is 0 Å². The van der Waals surface area contributed by atoms with Gasteiger partial charge in [0, 0.05) is 19.5 Å². The largest absolute Gasteiger partial charge is 0.467 e. The molecule has 0 aliphatic heterocycles. The van der Waals surface area contributed by atoms with Crippen molar-refractivity contribution in [3.8, 4) is 0 Å². The van der Waals surface area contributed by atoms with E-state index in [0.29, 0.717) is 18.5 Å². The van der Waals surface area contributed by atoms with Crippen molar-refractivity contribution in [2.24, 2.45) is 5.92 Å². The van der Waals surface area contributed by atoms with Crippen LogP contribution < -0.4 is 10.6 Å². The molecule has 0 aromatic carbocycles. The number of methoxy groups -OCH3 is 1. The molecule has 0 aromatic rings. The van der Waals surface area contributed by atoms with Crippen LogP contribution in [0.1, 0.15) is 20.3 Å². The van der Waals surface area contributed by atoms with Crippen LogP contribution in [0.4, 0.5) is 0 Å². The topological polar surface area (TPSA) is 67.4 Å². The molecular weight excluding hydrogens is 196 g/mol. The van der Waals surface area contributed by atoms with Crippen molar-refractivity contribution in [2.45, 2.75) is 32.4 Å². The van der Waals surface area contributed by atoms with Gasteiger partial charge in [-0.1, -0.05) is 6.92 Å². The number of esters is 1. The lowest BCUT2D eigenvalue weighted by Crippen LogP contribution is -2.47. The van der Waals surface area contributed by atoms with E-state index in [-0.39, 0.29) is 5.91 Å². The van der Waals surface area contributed by atoms with Crippen molar-refractivity contribution in [1.82, 2.24) is 10.6 Å². The lowest BCUT2D eigenvalue weighted by atomic mass is 10.3. The van der Waals surface area contributed by atoms with Gasteiger partial charge in [-0.3, -0.25) is 4.79 Å². The minimum atomic E-state index is -0.583. The molecule has 0 aromatic heterocycles. The Labute approximate surface area is 89.6 Å². The zero-order valence-corrected chi connectivity index (χ0v) is 9.37. The van der Waals surface area contributed by atoms with E-state index in [1.807, 2.05) is 0 Å². The van der Waals surface area contributed by atoms with Gasteiger partial charge in [-0.15, -0.1) is 0 Å². The maximum atomic E-state index is 11.3. The van der Waals surface area contributed by atoms with Crippen molar-refractivity contribution in [2.75, 3.05) is 13.7 Å². The van der Waals surface area contributed by atoms with Crippen molar-refractivity contribution >= 4 is 11.9 Å². The Morgan fingerprint density at radius 1 is 1.53 bits per heavy atom. The van der Waals surface area contributed by atoms with Crippen LogP contribution in [0.25, 0.3) is 0 Å². The molecule has 1 fully saturated rings. The normalized spacial score (nSPS) is 25.5. The third kappa shape index (κ3) is 3.87. The molecule has 5 nitrogen and oxygen atoms in total. The fourth-order valence-corrected chi connectivity index (χ4v) is 1.46. The maximum Gasteiger partial charge on any atom is 0.329 e. The van der Waals surface area contributed by atoms with Gasteiger partial charge in [-0.05, 0) is 12.3 Å². The van der Waals surface area contributed by atoms with Crippen molar-refractivity contribution in [1.29, 1.82) is 0 Å². The number of amides is 1. The van der Waals surface area contributed by atoms with E-state index in [1.54, 1.807) is 0 Å². The number of nitrogens with one attached hydrogen (secondary N) is 2. The zero-order chi connectivity index (χ0) is 11.4. The molecule has 86 valence electrons. The highest BCUT2D eigenvalue weighted by atomic mass is 16.5. The van der Waals surface area contributed by atoms with Gasteiger partial charge >= 0.3 is 5.97 Å². The fraction of sp³-hybridized carbons (Fsp3) is 0.800. The Kier molecular flexibility index (Phi) is 4.08. The monoisotopic (exact) mass is 214 g/mol. The summed E-state index contributed by atoms with van der Waals surface area (Å²) in [4.78, 5) is 22.1. The first-order chi connectivity index (χ1) is 7.04. The van der Waals surface area contributed by atoms with E-state index in [2.05, 4.69) is 22.3 Å². The molecule has 3 unspecified atom stereocenters. The first-order valence-electron chi connectivity index (χ1n) is 5.13. The predicted molar refractivity (Wildman–Crippen MR) is 55.2 cm³/mol. The highest BCUT2D eigenvalue weighted by molar-refractivity contribution is 5.83. The standard InChI is InChI=1S/C10H18N2O3/c1-6-4-8(6)11-5-9(10(14)15-3)12-7(2)13/h6,8-9,11H,4-5H2,1-3H3,(H,12,13). The number of ether oxygens (including phenoxy) is 1. The second kappa shape index (κ2) is 5.11. The molecule has 15 heavy (non-hydrogen) atoms. The highest BCUT2D eigenvalue weighted by Gasteiger charge is 2.33. The van der Waals surface area contributed by atoms with Crippen LogP contribution in [0.15, 0.2) is 0 Å². The van der Waals surface area contributed by atoms with Gasteiger partial charge in [-0.25, -0.2) is 4.79 Å². The Hall–Kier alpha value is -1.10. The molecule has 0 heterocycles. The Morgan fingerprint density at radius 3 is 2.53 bits per heavy atom. The van der Waals surface area contributed by atoms with Gasteiger partial charge in [0.2, 0.25) is 5.91 Å². The van der Waals surface area contributed by atoms with Gasteiger partial charge in [0.25, 0.3) is 0 Å². The summed E-state index contributed by atoms with van der Waals surface area (Å²) in [6.45, 7) is 3.96. The molecule has 2 N–H and O–H groups in total. The third-order valence-corrected chi connectivity index (χ3v) is 2.56. The lowest BCUT2D eigenvalue weighted by molar-refractivity contribution is -0.144.